The Bertz CT molecular complexity index is 1020. The summed E-state index contributed by atoms with van der Waals surface area (Å²) in [5, 5.41) is 10.3. The van der Waals surface area contributed by atoms with Gasteiger partial charge in [-0.2, -0.15) is 13.2 Å². The summed E-state index contributed by atoms with van der Waals surface area (Å²) in [7, 11) is 1.43. The first-order valence-electron chi connectivity index (χ1n) is 9.29. The number of primary amides is 1. The molecule has 2 aromatic heterocycles. The molecule has 0 saturated heterocycles. The third-order valence-corrected chi connectivity index (χ3v) is 4.78. The van der Waals surface area contributed by atoms with Crippen LogP contribution in [0.4, 0.5) is 18.9 Å². The van der Waals surface area contributed by atoms with Gasteiger partial charge in [0.1, 0.15) is 11.4 Å². The van der Waals surface area contributed by atoms with Crippen molar-refractivity contribution in [2.45, 2.75) is 25.7 Å². The molecular formula is C20H21F3N6O2. The van der Waals surface area contributed by atoms with E-state index in [1.807, 2.05) is 4.90 Å². The van der Waals surface area contributed by atoms with E-state index in [1.54, 1.807) is 6.07 Å². The lowest BCUT2D eigenvalue weighted by Crippen LogP contribution is -2.32. The standard InChI is InChI=1S/C20H21F3N6O2/c1-31-13(8-24)9-27-15-7-16(19(25)30)28-17-11-29(5-3-14(15)17)10-12-2-4-26-18(6-12)20(21,22)23/h2,4,6-9,24H,3,5,10-11H2,1H3,(H2,25,30)(H,27,28)/b13-9+,24-8?. The predicted octanol–water partition coefficient (Wildman–Crippen LogP) is 2.70. The van der Waals surface area contributed by atoms with E-state index in [-0.39, 0.29) is 18.0 Å². The summed E-state index contributed by atoms with van der Waals surface area (Å²) in [6.07, 6.45) is -0.295. The zero-order valence-electron chi connectivity index (χ0n) is 16.7. The summed E-state index contributed by atoms with van der Waals surface area (Å²) >= 11 is 0. The van der Waals surface area contributed by atoms with Crippen molar-refractivity contribution < 1.29 is 22.7 Å². The Balaban J connectivity index is 1.85. The molecule has 1 aliphatic rings. The number of allylic oxidation sites excluding steroid dienone is 1. The molecule has 0 saturated carbocycles. The lowest BCUT2D eigenvalue weighted by atomic mass is 10.0. The third-order valence-electron chi connectivity index (χ3n) is 4.78. The van der Waals surface area contributed by atoms with E-state index >= 15 is 0 Å². The first-order valence-corrected chi connectivity index (χ1v) is 9.29. The molecule has 2 aromatic rings. The van der Waals surface area contributed by atoms with E-state index in [0.717, 1.165) is 24.0 Å². The van der Waals surface area contributed by atoms with Crippen LogP contribution in [0.1, 0.15) is 33.0 Å². The summed E-state index contributed by atoms with van der Waals surface area (Å²) in [5.74, 6) is -0.420. The molecule has 0 radical (unpaired) electrons. The van der Waals surface area contributed by atoms with Crippen molar-refractivity contribution in [2.24, 2.45) is 5.73 Å². The molecule has 1 amide bonds. The Morgan fingerprint density at radius 2 is 2.19 bits per heavy atom. The molecule has 0 aliphatic carbocycles. The van der Waals surface area contributed by atoms with Crippen molar-refractivity contribution in [3.63, 3.8) is 0 Å². The van der Waals surface area contributed by atoms with E-state index in [9.17, 15) is 18.0 Å². The van der Waals surface area contributed by atoms with E-state index in [0.29, 0.717) is 36.5 Å². The van der Waals surface area contributed by atoms with Crippen LogP contribution in [0.25, 0.3) is 0 Å². The number of pyridine rings is 2. The number of carbonyl (C=O) groups is 1. The van der Waals surface area contributed by atoms with Crippen molar-refractivity contribution in [3.05, 3.63) is 64.6 Å². The second kappa shape index (κ2) is 9.13. The molecule has 11 heteroatoms. The zero-order chi connectivity index (χ0) is 22.6. The number of nitrogens with one attached hydrogen (secondary N) is 2. The van der Waals surface area contributed by atoms with Crippen LogP contribution in [-0.4, -0.2) is 40.6 Å². The number of hydrogen-bond acceptors (Lipinski definition) is 7. The fraction of sp³-hybridized carbons (Fsp3) is 0.300. The van der Waals surface area contributed by atoms with Gasteiger partial charge in [-0.25, -0.2) is 4.98 Å². The fourth-order valence-electron chi connectivity index (χ4n) is 3.28. The summed E-state index contributed by atoms with van der Waals surface area (Å²) in [6, 6.07) is 4.10. The molecule has 0 aromatic carbocycles. The molecule has 0 unspecified atom stereocenters. The number of amides is 1. The Kier molecular flexibility index (Phi) is 6.54. The molecule has 0 bridgehead atoms. The van der Waals surface area contributed by atoms with Gasteiger partial charge in [-0.3, -0.25) is 14.7 Å². The van der Waals surface area contributed by atoms with Crippen molar-refractivity contribution in [1.29, 1.82) is 5.41 Å². The van der Waals surface area contributed by atoms with Crippen molar-refractivity contribution >= 4 is 17.8 Å². The summed E-state index contributed by atoms with van der Waals surface area (Å²) in [5.41, 5.74) is 7.10. The molecule has 0 atom stereocenters. The molecule has 0 fully saturated rings. The molecule has 1 aliphatic heterocycles. The average molecular weight is 434 g/mol. The van der Waals surface area contributed by atoms with Gasteiger partial charge in [0.05, 0.1) is 19.0 Å². The number of halogens is 3. The monoisotopic (exact) mass is 434 g/mol. The van der Waals surface area contributed by atoms with Crippen LogP contribution in [0.2, 0.25) is 0 Å². The maximum Gasteiger partial charge on any atom is 0.433 e. The van der Waals surface area contributed by atoms with Gasteiger partial charge in [0.2, 0.25) is 0 Å². The number of alkyl halides is 3. The lowest BCUT2D eigenvalue weighted by Gasteiger charge is -2.29. The maximum atomic E-state index is 12.9. The van der Waals surface area contributed by atoms with Gasteiger partial charge < -0.3 is 21.2 Å². The minimum atomic E-state index is -4.51. The van der Waals surface area contributed by atoms with Gasteiger partial charge in [0.25, 0.3) is 5.91 Å². The van der Waals surface area contributed by atoms with Gasteiger partial charge in [-0.05, 0) is 35.7 Å². The van der Waals surface area contributed by atoms with E-state index in [2.05, 4.69) is 15.3 Å². The first-order chi connectivity index (χ1) is 14.7. The quantitative estimate of drug-likeness (QED) is 0.456. The highest BCUT2D eigenvalue weighted by Gasteiger charge is 2.32. The van der Waals surface area contributed by atoms with E-state index in [1.165, 1.54) is 19.4 Å². The second-order valence-corrected chi connectivity index (χ2v) is 6.89. The van der Waals surface area contributed by atoms with Crippen LogP contribution in [-0.2, 0) is 30.4 Å². The number of nitrogens with zero attached hydrogens (tertiary/aromatic N) is 3. The highest BCUT2D eigenvalue weighted by atomic mass is 19.4. The molecule has 4 N–H and O–H groups in total. The van der Waals surface area contributed by atoms with E-state index < -0.39 is 17.8 Å². The maximum absolute atomic E-state index is 12.9. The smallest absolute Gasteiger partial charge is 0.433 e. The number of methoxy groups -OCH3 is 1. The Morgan fingerprint density at radius 3 is 2.84 bits per heavy atom. The van der Waals surface area contributed by atoms with Crippen molar-refractivity contribution in [3.8, 4) is 0 Å². The van der Waals surface area contributed by atoms with Gasteiger partial charge in [-0.1, -0.05) is 0 Å². The highest BCUT2D eigenvalue weighted by molar-refractivity contribution is 5.92. The van der Waals surface area contributed by atoms with Crippen LogP contribution in [0.5, 0.6) is 0 Å². The fourth-order valence-corrected chi connectivity index (χ4v) is 3.28. The SMILES string of the molecule is CO/C(C=N)=C/Nc1cc(C(N)=O)nc2c1CCN(Cc1ccnc(C(F)(F)F)c1)C2. The topological polar surface area (TPSA) is 117 Å². The minimum Gasteiger partial charge on any atom is -0.494 e. The minimum absolute atomic E-state index is 0.0635. The lowest BCUT2D eigenvalue weighted by molar-refractivity contribution is -0.141. The molecule has 3 heterocycles. The molecule has 0 spiro atoms. The summed E-state index contributed by atoms with van der Waals surface area (Å²) in [4.78, 5) is 21.4. The average Bonchev–Trinajstić information content (AvgIpc) is 2.73. The number of anilines is 1. The third kappa shape index (κ3) is 5.37. The molecule has 3 rings (SSSR count). The predicted molar refractivity (Wildman–Crippen MR) is 107 cm³/mol. The number of hydrogen-bond donors (Lipinski definition) is 3. The molecular weight excluding hydrogens is 413 g/mol. The number of ether oxygens (including phenoxy) is 1. The van der Waals surface area contributed by atoms with Gasteiger partial charge in [0, 0.05) is 37.7 Å². The van der Waals surface area contributed by atoms with Gasteiger partial charge >= 0.3 is 6.18 Å². The number of rotatable bonds is 7. The Labute approximate surface area is 176 Å². The summed E-state index contributed by atoms with van der Waals surface area (Å²) in [6.45, 7) is 1.19. The largest absolute Gasteiger partial charge is 0.494 e. The van der Waals surface area contributed by atoms with Crippen LogP contribution in [0, 0.1) is 5.41 Å². The number of nitrogens with two attached hydrogens (primary N) is 1. The molecule has 164 valence electrons. The Morgan fingerprint density at radius 1 is 1.42 bits per heavy atom. The zero-order valence-corrected chi connectivity index (χ0v) is 16.7. The number of carbonyl (C=O) groups excluding carboxylic acids is 1. The van der Waals surface area contributed by atoms with Crippen molar-refractivity contribution in [2.75, 3.05) is 19.0 Å². The summed E-state index contributed by atoms with van der Waals surface area (Å²) < 4.78 is 43.8. The first kappa shape index (κ1) is 22.2. The van der Waals surface area contributed by atoms with Crippen molar-refractivity contribution in [1.82, 2.24) is 14.9 Å². The highest BCUT2D eigenvalue weighted by Crippen LogP contribution is 2.30. The van der Waals surface area contributed by atoms with Gasteiger partial charge in [0.15, 0.2) is 5.76 Å². The molecule has 31 heavy (non-hydrogen) atoms. The number of aromatic nitrogens is 2. The van der Waals surface area contributed by atoms with Crippen LogP contribution >= 0.6 is 0 Å². The second-order valence-electron chi connectivity index (χ2n) is 6.89. The van der Waals surface area contributed by atoms with Crippen LogP contribution in [0.3, 0.4) is 0 Å². The van der Waals surface area contributed by atoms with Crippen LogP contribution in [0.15, 0.2) is 36.4 Å². The van der Waals surface area contributed by atoms with Crippen LogP contribution < -0.4 is 11.1 Å². The molecule has 8 nitrogen and oxygen atoms in total. The Hall–Kier alpha value is -3.47. The van der Waals surface area contributed by atoms with E-state index in [4.69, 9.17) is 15.9 Å². The van der Waals surface area contributed by atoms with Gasteiger partial charge in [-0.15, -0.1) is 0 Å². The number of fused-ring (bicyclic) bond motifs is 1. The normalized spacial score (nSPS) is 14.6.